The number of nitriles is 1. The van der Waals surface area contributed by atoms with E-state index in [1.54, 1.807) is 18.2 Å². The Kier molecular flexibility index (Phi) is 3.59. The fourth-order valence-corrected chi connectivity index (χ4v) is 3.27. The fourth-order valence-electron chi connectivity index (χ4n) is 2.97. The molecule has 3 rings (SSSR count). The summed E-state index contributed by atoms with van der Waals surface area (Å²) in [7, 11) is 0. The van der Waals surface area contributed by atoms with Gasteiger partial charge in [0.25, 0.3) is 0 Å². The molecule has 2 saturated heterocycles. The van der Waals surface area contributed by atoms with Gasteiger partial charge in [-0.25, -0.2) is 0 Å². The highest BCUT2D eigenvalue weighted by Gasteiger charge is 2.52. The van der Waals surface area contributed by atoms with Crippen molar-refractivity contribution < 1.29 is 9.53 Å². The first kappa shape index (κ1) is 13.7. The number of ether oxygens (including phenoxy) is 1. The number of nitrogens with zero attached hydrogens (tertiary/aromatic N) is 1. The topological polar surface area (TPSA) is 62.1 Å². The van der Waals surface area contributed by atoms with Gasteiger partial charge in [-0.1, -0.05) is 23.2 Å². The normalized spacial score (nSPS) is 31.1. The van der Waals surface area contributed by atoms with Gasteiger partial charge in [0, 0.05) is 5.69 Å². The molecule has 2 bridgehead atoms. The molecule has 2 heterocycles. The van der Waals surface area contributed by atoms with Crippen molar-refractivity contribution in [2.75, 3.05) is 5.32 Å². The molecule has 0 radical (unpaired) electrons. The summed E-state index contributed by atoms with van der Waals surface area (Å²) >= 11 is 11.7. The van der Waals surface area contributed by atoms with Gasteiger partial charge in [-0.3, -0.25) is 4.79 Å². The van der Waals surface area contributed by atoms with Gasteiger partial charge in [-0.15, -0.1) is 0 Å². The summed E-state index contributed by atoms with van der Waals surface area (Å²) in [5.74, 6) is -0.966. The molecule has 0 aliphatic carbocycles. The van der Waals surface area contributed by atoms with Crippen molar-refractivity contribution in [1.29, 1.82) is 5.26 Å². The number of carbonyl (C=O) groups excluding carboxylic acids is 1. The average Bonchev–Trinajstić information content (AvgIpc) is 3.02. The average molecular weight is 311 g/mol. The molecule has 2 aliphatic heterocycles. The molecule has 1 aromatic rings. The minimum Gasteiger partial charge on any atom is -0.373 e. The van der Waals surface area contributed by atoms with E-state index < -0.39 is 5.92 Å². The highest BCUT2D eigenvalue weighted by molar-refractivity contribution is 6.42. The van der Waals surface area contributed by atoms with E-state index in [0.717, 1.165) is 12.8 Å². The van der Waals surface area contributed by atoms with E-state index in [-0.39, 0.29) is 24.0 Å². The zero-order valence-corrected chi connectivity index (χ0v) is 12.0. The zero-order chi connectivity index (χ0) is 14.3. The molecule has 2 fully saturated rings. The summed E-state index contributed by atoms with van der Waals surface area (Å²) in [6.45, 7) is 0. The van der Waals surface area contributed by atoms with Gasteiger partial charge in [-0.2, -0.15) is 5.26 Å². The van der Waals surface area contributed by atoms with Crippen LogP contribution >= 0.6 is 23.2 Å². The molecule has 1 aromatic carbocycles. The third-order valence-corrected chi connectivity index (χ3v) is 4.65. The molecule has 2 aliphatic rings. The number of carbonyl (C=O) groups is 1. The van der Waals surface area contributed by atoms with Crippen molar-refractivity contribution in [3.05, 3.63) is 28.2 Å². The van der Waals surface area contributed by atoms with Crippen molar-refractivity contribution >= 4 is 34.8 Å². The molecule has 1 N–H and O–H groups in total. The summed E-state index contributed by atoms with van der Waals surface area (Å²) < 4.78 is 5.66. The Morgan fingerprint density at radius 1 is 1.30 bits per heavy atom. The van der Waals surface area contributed by atoms with Gasteiger partial charge in [0.2, 0.25) is 5.91 Å². The first-order valence-corrected chi connectivity index (χ1v) is 7.16. The van der Waals surface area contributed by atoms with Crippen LogP contribution in [0.25, 0.3) is 0 Å². The molecule has 20 heavy (non-hydrogen) atoms. The Morgan fingerprint density at radius 3 is 2.75 bits per heavy atom. The first-order valence-electron chi connectivity index (χ1n) is 6.41. The third kappa shape index (κ3) is 2.26. The largest absolute Gasteiger partial charge is 0.373 e. The predicted molar refractivity (Wildman–Crippen MR) is 75.6 cm³/mol. The van der Waals surface area contributed by atoms with Crippen LogP contribution in [0.4, 0.5) is 5.69 Å². The molecule has 4 nitrogen and oxygen atoms in total. The van der Waals surface area contributed by atoms with Crippen molar-refractivity contribution in [2.24, 2.45) is 11.8 Å². The van der Waals surface area contributed by atoms with Crippen LogP contribution < -0.4 is 5.32 Å². The van der Waals surface area contributed by atoms with Crippen LogP contribution in [0, 0.1) is 23.2 Å². The standard InChI is InChI=1S/C14H12Cl2N2O2/c15-9-2-1-7(5-10(9)16)18-14(19)13-8(6-17)11-3-4-12(13)20-11/h1-2,5,8,11-13H,3-4H2,(H,18,19)/t8-,11-,12+,13+/m1/s1. The van der Waals surface area contributed by atoms with Crippen molar-refractivity contribution in [2.45, 2.75) is 25.0 Å². The fraction of sp³-hybridized carbons (Fsp3) is 0.429. The lowest BCUT2D eigenvalue weighted by Gasteiger charge is -2.22. The second-order valence-corrected chi connectivity index (χ2v) is 5.90. The molecular formula is C14H12Cl2N2O2. The lowest BCUT2D eigenvalue weighted by molar-refractivity contribution is -0.122. The van der Waals surface area contributed by atoms with Crippen LogP contribution in [0.3, 0.4) is 0 Å². The number of rotatable bonds is 2. The van der Waals surface area contributed by atoms with Gasteiger partial charge in [-0.05, 0) is 31.0 Å². The summed E-state index contributed by atoms with van der Waals surface area (Å²) in [5.41, 5.74) is 0.573. The van der Waals surface area contributed by atoms with Crippen molar-refractivity contribution in [1.82, 2.24) is 0 Å². The Balaban J connectivity index is 1.76. The van der Waals surface area contributed by atoms with Crippen molar-refractivity contribution in [3.8, 4) is 6.07 Å². The van der Waals surface area contributed by atoms with E-state index >= 15 is 0 Å². The minimum atomic E-state index is -0.409. The van der Waals surface area contributed by atoms with E-state index in [4.69, 9.17) is 27.9 Å². The molecule has 6 heteroatoms. The molecule has 0 unspecified atom stereocenters. The second-order valence-electron chi connectivity index (χ2n) is 5.09. The first-order chi connectivity index (χ1) is 9.60. The number of amides is 1. The van der Waals surface area contributed by atoms with Gasteiger partial charge in [0.05, 0.1) is 40.2 Å². The van der Waals surface area contributed by atoms with E-state index in [1.807, 2.05) is 0 Å². The molecule has 0 saturated carbocycles. The number of fused-ring (bicyclic) bond motifs is 2. The number of nitrogens with one attached hydrogen (secondary N) is 1. The van der Waals surface area contributed by atoms with E-state index in [1.165, 1.54) is 0 Å². The van der Waals surface area contributed by atoms with Crippen LogP contribution in [-0.2, 0) is 9.53 Å². The van der Waals surface area contributed by atoms with Gasteiger partial charge in [0.15, 0.2) is 0 Å². The van der Waals surface area contributed by atoms with Crippen LogP contribution in [0.2, 0.25) is 10.0 Å². The van der Waals surface area contributed by atoms with Crippen molar-refractivity contribution in [3.63, 3.8) is 0 Å². The smallest absolute Gasteiger partial charge is 0.231 e. The molecule has 0 spiro atoms. The quantitative estimate of drug-likeness (QED) is 0.912. The minimum absolute atomic E-state index is 0.102. The Hall–Kier alpha value is -1.28. The summed E-state index contributed by atoms with van der Waals surface area (Å²) in [6, 6.07) is 7.10. The summed E-state index contributed by atoms with van der Waals surface area (Å²) in [4.78, 5) is 12.4. The summed E-state index contributed by atoms with van der Waals surface area (Å²) in [5, 5.41) is 12.8. The number of halogens is 2. The van der Waals surface area contributed by atoms with E-state index in [9.17, 15) is 10.1 Å². The Bertz CT molecular complexity index is 599. The van der Waals surface area contributed by atoms with E-state index in [2.05, 4.69) is 11.4 Å². The predicted octanol–water partition coefficient (Wildman–Crippen LogP) is 3.25. The van der Waals surface area contributed by atoms with Gasteiger partial charge in [0.1, 0.15) is 0 Å². The van der Waals surface area contributed by atoms with Crippen LogP contribution in [0.5, 0.6) is 0 Å². The number of anilines is 1. The number of benzene rings is 1. The maximum Gasteiger partial charge on any atom is 0.231 e. The summed E-state index contributed by atoms with van der Waals surface area (Å²) in [6.07, 6.45) is 1.45. The highest BCUT2D eigenvalue weighted by atomic mass is 35.5. The van der Waals surface area contributed by atoms with Gasteiger partial charge >= 0.3 is 0 Å². The van der Waals surface area contributed by atoms with Crippen LogP contribution in [0.15, 0.2) is 18.2 Å². The van der Waals surface area contributed by atoms with Crippen LogP contribution in [-0.4, -0.2) is 18.1 Å². The maximum atomic E-state index is 12.4. The Morgan fingerprint density at radius 2 is 2.05 bits per heavy atom. The monoisotopic (exact) mass is 310 g/mol. The maximum absolute atomic E-state index is 12.4. The lowest BCUT2D eigenvalue weighted by atomic mass is 9.79. The van der Waals surface area contributed by atoms with E-state index in [0.29, 0.717) is 15.7 Å². The SMILES string of the molecule is N#C[C@H]1[C@H](C(=O)Nc2ccc(Cl)c(Cl)c2)[C@@H]2CC[C@H]1O2. The molecular weight excluding hydrogens is 299 g/mol. The second kappa shape index (κ2) is 5.25. The highest BCUT2D eigenvalue weighted by Crippen LogP contribution is 2.43. The van der Waals surface area contributed by atoms with Gasteiger partial charge < -0.3 is 10.1 Å². The molecule has 0 aromatic heterocycles. The molecule has 1 amide bonds. The van der Waals surface area contributed by atoms with Crippen LogP contribution in [0.1, 0.15) is 12.8 Å². The zero-order valence-electron chi connectivity index (χ0n) is 10.5. The number of hydrogen-bond acceptors (Lipinski definition) is 3. The molecule has 104 valence electrons. The molecule has 4 atom stereocenters. The third-order valence-electron chi connectivity index (χ3n) is 3.91. The lowest BCUT2D eigenvalue weighted by Crippen LogP contribution is -2.36. The Labute approximate surface area is 126 Å². The number of hydrogen-bond donors (Lipinski definition) is 1.